The summed E-state index contributed by atoms with van der Waals surface area (Å²) in [6.45, 7) is 4.75. The van der Waals surface area contributed by atoms with Gasteiger partial charge in [-0.2, -0.15) is 0 Å². The van der Waals surface area contributed by atoms with E-state index in [1.807, 2.05) is 0 Å². The van der Waals surface area contributed by atoms with E-state index < -0.39 is 0 Å². The van der Waals surface area contributed by atoms with Gasteiger partial charge in [-0.15, -0.1) is 0 Å². The lowest BCUT2D eigenvalue weighted by Crippen LogP contribution is -2.14. The van der Waals surface area contributed by atoms with Crippen LogP contribution in [0.25, 0.3) is 109 Å². The lowest BCUT2D eigenvalue weighted by atomic mass is 9.81. The van der Waals surface area contributed by atoms with Gasteiger partial charge in [0.05, 0.1) is 0 Å². The van der Waals surface area contributed by atoms with Crippen molar-refractivity contribution in [2.24, 2.45) is 0 Å². The third-order valence-corrected chi connectivity index (χ3v) is 12.8. The van der Waals surface area contributed by atoms with Gasteiger partial charge in [-0.1, -0.05) is 178 Å². The Morgan fingerprint density at radius 2 is 0.764 bits per heavy atom. The van der Waals surface area contributed by atoms with Crippen molar-refractivity contribution in [1.82, 2.24) is 0 Å². The highest BCUT2D eigenvalue weighted by Crippen LogP contribution is 2.51. The first-order chi connectivity index (χ1) is 27.0. The van der Waals surface area contributed by atoms with Crippen molar-refractivity contribution in [3.8, 4) is 44.5 Å². The Bertz CT molecular complexity index is 3360. The lowest BCUT2D eigenvalue weighted by Gasteiger charge is -2.22. The predicted molar refractivity (Wildman–Crippen MR) is 237 cm³/mol. The van der Waals surface area contributed by atoms with Crippen LogP contribution in [0.3, 0.4) is 0 Å². The molecule has 0 atom stereocenters. The molecule has 12 rings (SSSR count). The average molecular weight is 697 g/mol. The Kier molecular flexibility index (Phi) is 6.21. The normalized spacial score (nSPS) is 13.4. The van der Waals surface area contributed by atoms with Gasteiger partial charge in [-0.25, -0.2) is 0 Å². The molecule has 0 amide bonds. The second kappa shape index (κ2) is 11.1. The standard InChI is InChI=1S/C55H36/c1-55(2)51-15-9-8-14-44(51)50-31-48-42-13-7-6-12-41(42)47-30-38(24-27-43(47)49(48)32-52(50)55)33-16-18-35(19-17-33)40-26-21-37-22-28-45-39(34-10-4-3-5-11-34)25-20-36-23-29-46(40)54(37)53(36)45/h3-32H,1-2H3. The van der Waals surface area contributed by atoms with Gasteiger partial charge in [0, 0.05) is 5.41 Å². The summed E-state index contributed by atoms with van der Waals surface area (Å²) >= 11 is 0. The predicted octanol–water partition coefficient (Wildman–Crippen LogP) is 15.4. The van der Waals surface area contributed by atoms with E-state index in [1.165, 1.54) is 120 Å². The largest absolute Gasteiger partial charge is 0.0622 e. The van der Waals surface area contributed by atoms with Gasteiger partial charge in [0.15, 0.2) is 0 Å². The van der Waals surface area contributed by atoms with Crippen molar-refractivity contribution >= 4 is 64.6 Å². The first-order valence-electron chi connectivity index (χ1n) is 19.4. The van der Waals surface area contributed by atoms with Crippen LogP contribution in [0.15, 0.2) is 182 Å². The van der Waals surface area contributed by atoms with Gasteiger partial charge in [0.1, 0.15) is 0 Å². The number of benzene rings is 11. The van der Waals surface area contributed by atoms with Gasteiger partial charge in [0.2, 0.25) is 0 Å². The molecule has 0 nitrogen and oxygen atoms in total. The molecule has 0 aliphatic heterocycles. The van der Waals surface area contributed by atoms with E-state index in [9.17, 15) is 0 Å². The maximum Gasteiger partial charge on any atom is 0.0159 e. The number of fused-ring (bicyclic) bond motifs is 9. The Balaban J connectivity index is 0.989. The molecule has 0 N–H and O–H groups in total. The molecule has 0 fully saturated rings. The average Bonchev–Trinajstić information content (AvgIpc) is 3.47. The quantitative estimate of drug-likeness (QED) is 0.161. The number of rotatable bonds is 3. The molecule has 11 aromatic carbocycles. The molecule has 0 bridgehead atoms. The van der Waals surface area contributed by atoms with E-state index >= 15 is 0 Å². The minimum absolute atomic E-state index is 0.0421. The Hall–Kier alpha value is -6.76. The monoisotopic (exact) mass is 696 g/mol. The van der Waals surface area contributed by atoms with Crippen LogP contribution in [-0.2, 0) is 5.41 Å². The molecule has 0 saturated carbocycles. The van der Waals surface area contributed by atoms with Crippen LogP contribution in [0, 0.1) is 0 Å². The zero-order valence-electron chi connectivity index (χ0n) is 30.8. The summed E-state index contributed by atoms with van der Waals surface area (Å²) in [5.41, 5.74) is 13.0. The van der Waals surface area contributed by atoms with Crippen LogP contribution in [0.2, 0.25) is 0 Å². The van der Waals surface area contributed by atoms with E-state index in [-0.39, 0.29) is 5.41 Å². The molecular weight excluding hydrogens is 661 g/mol. The van der Waals surface area contributed by atoms with Crippen LogP contribution in [0.5, 0.6) is 0 Å². The SMILES string of the molecule is CC1(C)c2ccccc2-c2cc3c4ccccc4c4cc(-c5ccc(-c6ccc7ccc8c(-c9ccccc9)ccc9ccc6c7c98)cc5)ccc4c3cc21. The van der Waals surface area contributed by atoms with Gasteiger partial charge in [-0.05, 0) is 138 Å². The summed E-state index contributed by atoms with van der Waals surface area (Å²) in [6.07, 6.45) is 0. The van der Waals surface area contributed by atoms with E-state index in [0.717, 1.165) is 0 Å². The fraction of sp³-hybridized carbons (Fsp3) is 0.0545. The van der Waals surface area contributed by atoms with Crippen LogP contribution in [0.4, 0.5) is 0 Å². The Labute approximate surface area is 320 Å². The number of hydrogen-bond acceptors (Lipinski definition) is 0. The Morgan fingerprint density at radius 3 is 1.45 bits per heavy atom. The smallest absolute Gasteiger partial charge is 0.0159 e. The van der Waals surface area contributed by atoms with Crippen molar-refractivity contribution in [2.75, 3.05) is 0 Å². The lowest BCUT2D eigenvalue weighted by molar-refractivity contribution is 0.661. The topological polar surface area (TPSA) is 0 Å². The van der Waals surface area contributed by atoms with Crippen molar-refractivity contribution < 1.29 is 0 Å². The highest BCUT2D eigenvalue weighted by Gasteiger charge is 2.35. The summed E-state index contributed by atoms with van der Waals surface area (Å²) in [5, 5.41) is 15.8. The molecule has 0 radical (unpaired) electrons. The molecule has 1 aliphatic carbocycles. The summed E-state index contributed by atoms with van der Waals surface area (Å²) in [7, 11) is 0. The van der Waals surface area contributed by atoms with Crippen LogP contribution >= 0.6 is 0 Å². The maximum atomic E-state index is 2.49. The zero-order chi connectivity index (χ0) is 36.4. The molecule has 0 unspecified atom stereocenters. The molecule has 0 heteroatoms. The number of hydrogen-bond donors (Lipinski definition) is 0. The summed E-state index contributed by atoms with van der Waals surface area (Å²) < 4.78 is 0. The fourth-order valence-corrected chi connectivity index (χ4v) is 10.1. The molecule has 55 heavy (non-hydrogen) atoms. The summed E-state index contributed by atoms with van der Waals surface area (Å²) in [4.78, 5) is 0. The molecule has 11 aromatic rings. The fourth-order valence-electron chi connectivity index (χ4n) is 10.1. The summed E-state index contributed by atoms with van der Waals surface area (Å²) in [6, 6.07) is 68.4. The van der Waals surface area contributed by atoms with Crippen molar-refractivity contribution in [2.45, 2.75) is 19.3 Å². The molecule has 1 aliphatic rings. The highest BCUT2D eigenvalue weighted by molar-refractivity contribution is 6.28. The van der Waals surface area contributed by atoms with Crippen LogP contribution in [-0.4, -0.2) is 0 Å². The van der Waals surface area contributed by atoms with Crippen LogP contribution in [0.1, 0.15) is 25.0 Å². The first kappa shape index (κ1) is 30.7. The molecular formula is C55H36. The zero-order valence-corrected chi connectivity index (χ0v) is 30.8. The van der Waals surface area contributed by atoms with Crippen molar-refractivity contribution in [1.29, 1.82) is 0 Å². The maximum absolute atomic E-state index is 2.49. The third-order valence-electron chi connectivity index (χ3n) is 12.8. The van der Waals surface area contributed by atoms with Crippen molar-refractivity contribution in [3.05, 3.63) is 193 Å². The van der Waals surface area contributed by atoms with E-state index in [4.69, 9.17) is 0 Å². The molecule has 0 spiro atoms. The summed E-state index contributed by atoms with van der Waals surface area (Å²) in [5.74, 6) is 0. The first-order valence-corrected chi connectivity index (χ1v) is 19.4. The molecule has 0 heterocycles. The molecule has 0 saturated heterocycles. The minimum Gasteiger partial charge on any atom is -0.0622 e. The van der Waals surface area contributed by atoms with Gasteiger partial charge in [0.25, 0.3) is 0 Å². The minimum atomic E-state index is -0.0421. The van der Waals surface area contributed by atoms with Crippen LogP contribution < -0.4 is 0 Å². The Morgan fingerprint density at radius 1 is 0.273 bits per heavy atom. The van der Waals surface area contributed by atoms with Gasteiger partial charge in [-0.3, -0.25) is 0 Å². The molecule has 0 aromatic heterocycles. The van der Waals surface area contributed by atoms with E-state index in [2.05, 4.69) is 196 Å². The second-order valence-electron chi connectivity index (χ2n) is 16.0. The third kappa shape index (κ3) is 4.28. The molecule has 256 valence electrons. The van der Waals surface area contributed by atoms with E-state index in [0.29, 0.717) is 0 Å². The highest BCUT2D eigenvalue weighted by atomic mass is 14.4. The van der Waals surface area contributed by atoms with Gasteiger partial charge >= 0.3 is 0 Å². The van der Waals surface area contributed by atoms with Gasteiger partial charge < -0.3 is 0 Å². The van der Waals surface area contributed by atoms with E-state index in [1.54, 1.807) is 0 Å². The second-order valence-corrected chi connectivity index (χ2v) is 16.0. The van der Waals surface area contributed by atoms with Crippen molar-refractivity contribution in [3.63, 3.8) is 0 Å².